The molecule has 0 aliphatic heterocycles. The van der Waals surface area contributed by atoms with Crippen LogP contribution in [0.2, 0.25) is 0 Å². The van der Waals surface area contributed by atoms with E-state index in [0.29, 0.717) is 11.7 Å². The van der Waals surface area contributed by atoms with Gasteiger partial charge in [-0.3, -0.25) is 0 Å². The maximum atomic E-state index is 13.6. The van der Waals surface area contributed by atoms with E-state index in [1.54, 1.807) is 0 Å². The predicted octanol–water partition coefficient (Wildman–Crippen LogP) is 4.35. The minimum atomic E-state index is -0.538. The summed E-state index contributed by atoms with van der Waals surface area (Å²) in [6, 6.07) is 3.60. The molecule has 0 heterocycles. The molecule has 118 valence electrons. The number of hydrogen-bond acceptors (Lipinski definition) is 2. The Morgan fingerprint density at radius 1 is 1.24 bits per heavy atom. The lowest BCUT2D eigenvalue weighted by atomic mass is 9.98. The Morgan fingerprint density at radius 3 is 2.71 bits per heavy atom. The van der Waals surface area contributed by atoms with Gasteiger partial charge >= 0.3 is 0 Å². The summed E-state index contributed by atoms with van der Waals surface area (Å²) in [5.41, 5.74) is 0.504. The van der Waals surface area contributed by atoms with E-state index in [4.69, 9.17) is 4.74 Å². The molecule has 1 aromatic carbocycles. The second-order valence-electron chi connectivity index (χ2n) is 5.83. The highest BCUT2D eigenvalue weighted by molar-refractivity contribution is 5.21. The van der Waals surface area contributed by atoms with Crippen molar-refractivity contribution in [2.75, 3.05) is 13.2 Å². The van der Waals surface area contributed by atoms with Gasteiger partial charge in [0.25, 0.3) is 0 Å². The van der Waals surface area contributed by atoms with Gasteiger partial charge in [0.1, 0.15) is 11.6 Å². The number of nitrogens with one attached hydrogen (secondary N) is 1. The van der Waals surface area contributed by atoms with Crippen molar-refractivity contribution in [2.24, 2.45) is 0 Å². The quantitative estimate of drug-likeness (QED) is 0.755. The molecule has 21 heavy (non-hydrogen) atoms. The average Bonchev–Trinajstić information content (AvgIpc) is 2.47. The van der Waals surface area contributed by atoms with Crippen LogP contribution < -0.4 is 5.32 Å². The summed E-state index contributed by atoms with van der Waals surface area (Å²) in [7, 11) is 0. The third-order valence-corrected chi connectivity index (χ3v) is 4.11. The van der Waals surface area contributed by atoms with Gasteiger partial charge in [0.05, 0.1) is 6.10 Å². The fraction of sp³-hybridized carbons (Fsp3) is 0.647. The first-order valence-corrected chi connectivity index (χ1v) is 7.97. The summed E-state index contributed by atoms with van der Waals surface area (Å²) in [5, 5.41) is 3.25. The highest BCUT2D eigenvalue weighted by Gasteiger charge is 2.14. The van der Waals surface area contributed by atoms with Crippen LogP contribution >= 0.6 is 0 Å². The first-order chi connectivity index (χ1) is 10.2. The van der Waals surface area contributed by atoms with Crippen LogP contribution in [0.1, 0.15) is 57.1 Å². The molecule has 1 aliphatic rings. The Hall–Kier alpha value is -1.00. The van der Waals surface area contributed by atoms with E-state index in [0.717, 1.165) is 25.6 Å². The van der Waals surface area contributed by atoms with E-state index < -0.39 is 11.6 Å². The van der Waals surface area contributed by atoms with Gasteiger partial charge in [-0.1, -0.05) is 25.3 Å². The van der Waals surface area contributed by atoms with E-state index >= 15 is 0 Å². The van der Waals surface area contributed by atoms with Gasteiger partial charge < -0.3 is 10.1 Å². The predicted molar refractivity (Wildman–Crippen MR) is 80.2 cm³/mol. The van der Waals surface area contributed by atoms with Crippen molar-refractivity contribution in [3.63, 3.8) is 0 Å². The summed E-state index contributed by atoms with van der Waals surface area (Å²) < 4.78 is 32.3. The molecule has 1 N–H and O–H groups in total. The molecular weight excluding hydrogens is 272 g/mol. The molecule has 0 spiro atoms. The molecule has 1 saturated carbocycles. The molecule has 1 unspecified atom stereocenters. The fourth-order valence-corrected chi connectivity index (χ4v) is 2.84. The van der Waals surface area contributed by atoms with Gasteiger partial charge in [0.15, 0.2) is 0 Å². The molecule has 2 rings (SSSR count). The van der Waals surface area contributed by atoms with Crippen LogP contribution in [0.25, 0.3) is 0 Å². The number of rotatable bonds is 7. The number of hydrogen-bond donors (Lipinski definition) is 1. The molecule has 4 heteroatoms. The van der Waals surface area contributed by atoms with Gasteiger partial charge in [0.2, 0.25) is 0 Å². The standard InChI is InChI=1S/C17H25F2NO/c1-13(16-9-8-14(18)12-17(16)19)20-10-5-11-21-15-6-3-2-4-7-15/h8-9,12-13,15,20H,2-7,10-11H2,1H3. The molecule has 0 aromatic heterocycles. The zero-order valence-corrected chi connectivity index (χ0v) is 12.7. The molecule has 1 fully saturated rings. The van der Waals surface area contributed by atoms with Gasteiger partial charge in [-0.25, -0.2) is 8.78 Å². The summed E-state index contributed by atoms with van der Waals surface area (Å²) in [6.45, 7) is 3.40. The summed E-state index contributed by atoms with van der Waals surface area (Å²) in [4.78, 5) is 0. The Morgan fingerprint density at radius 2 is 2.00 bits per heavy atom. The van der Waals surface area contributed by atoms with Crippen LogP contribution in [0.5, 0.6) is 0 Å². The molecular formula is C17H25F2NO. The maximum absolute atomic E-state index is 13.6. The summed E-state index contributed by atoms with van der Waals surface area (Å²) >= 11 is 0. The molecule has 0 saturated heterocycles. The van der Waals surface area contributed by atoms with Crippen molar-refractivity contribution in [1.29, 1.82) is 0 Å². The molecule has 0 radical (unpaired) electrons. The number of benzene rings is 1. The van der Waals surface area contributed by atoms with Gasteiger partial charge in [-0.15, -0.1) is 0 Å². The Bertz CT molecular complexity index is 433. The lowest BCUT2D eigenvalue weighted by Crippen LogP contribution is -2.23. The Kier molecular flexibility index (Phi) is 6.58. The van der Waals surface area contributed by atoms with Crippen molar-refractivity contribution in [2.45, 2.75) is 57.6 Å². The number of ether oxygens (including phenoxy) is 1. The highest BCUT2D eigenvalue weighted by Crippen LogP contribution is 2.20. The van der Waals surface area contributed by atoms with Crippen LogP contribution in [-0.2, 0) is 4.74 Å². The highest BCUT2D eigenvalue weighted by atomic mass is 19.1. The van der Waals surface area contributed by atoms with Gasteiger partial charge in [-0.05, 0) is 38.8 Å². The second kappa shape index (κ2) is 8.44. The molecule has 1 aromatic rings. The molecule has 1 aliphatic carbocycles. The van der Waals surface area contributed by atoms with Crippen molar-refractivity contribution < 1.29 is 13.5 Å². The van der Waals surface area contributed by atoms with Crippen LogP contribution in [0.15, 0.2) is 18.2 Å². The first-order valence-electron chi connectivity index (χ1n) is 7.97. The SMILES string of the molecule is CC(NCCCOC1CCCCC1)c1ccc(F)cc1F. The summed E-state index contributed by atoms with van der Waals surface area (Å²) in [6.07, 6.45) is 7.61. The van der Waals surface area contributed by atoms with E-state index in [9.17, 15) is 8.78 Å². The van der Waals surface area contributed by atoms with E-state index in [1.807, 2.05) is 6.92 Å². The zero-order valence-electron chi connectivity index (χ0n) is 12.7. The second-order valence-corrected chi connectivity index (χ2v) is 5.83. The zero-order chi connectivity index (χ0) is 15.1. The van der Waals surface area contributed by atoms with Crippen LogP contribution in [0.4, 0.5) is 8.78 Å². The smallest absolute Gasteiger partial charge is 0.130 e. The van der Waals surface area contributed by atoms with Crippen molar-refractivity contribution in [3.05, 3.63) is 35.4 Å². The molecule has 0 bridgehead atoms. The largest absolute Gasteiger partial charge is 0.378 e. The fourth-order valence-electron chi connectivity index (χ4n) is 2.84. The topological polar surface area (TPSA) is 21.3 Å². The third-order valence-electron chi connectivity index (χ3n) is 4.11. The Balaban J connectivity index is 1.63. The van der Waals surface area contributed by atoms with E-state index in [1.165, 1.54) is 44.2 Å². The normalized spacial score (nSPS) is 17.9. The molecule has 1 atom stereocenters. The van der Waals surface area contributed by atoms with Gasteiger partial charge in [0, 0.05) is 24.3 Å². The minimum Gasteiger partial charge on any atom is -0.378 e. The molecule has 2 nitrogen and oxygen atoms in total. The van der Waals surface area contributed by atoms with Crippen molar-refractivity contribution in [1.82, 2.24) is 5.32 Å². The Labute approximate surface area is 125 Å². The van der Waals surface area contributed by atoms with Crippen LogP contribution in [0, 0.1) is 11.6 Å². The van der Waals surface area contributed by atoms with Crippen molar-refractivity contribution in [3.8, 4) is 0 Å². The lowest BCUT2D eigenvalue weighted by Gasteiger charge is -2.22. The lowest BCUT2D eigenvalue weighted by molar-refractivity contribution is 0.0271. The van der Waals surface area contributed by atoms with Crippen molar-refractivity contribution >= 4 is 0 Å². The summed E-state index contributed by atoms with van der Waals surface area (Å²) in [5.74, 6) is -1.03. The maximum Gasteiger partial charge on any atom is 0.130 e. The van der Waals surface area contributed by atoms with Crippen LogP contribution in [0.3, 0.4) is 0 Å². The molecule has 0 amide bonds. The van der Waals surface area contributed by atoms with Gasteiger partial charge in [-0.2, -0.15) is 0 Å². The number of halogens is 2. The van der Waals surface area contributed by atoms with E-state index in [2.05, 4.69) is 5.32 Å². The minimum absolute atomic E-state index is 0.125. The van der Waals surface area contributed by atoms with E-state index in [-0.39, 0.29) is 6.04 Å². The van der Waals surface area contributed by atoms with Crippen LogP contribution in [-0.4, -0.2) is 19.3 Å². The average molecular weight is 297 g/mol. The third kappa shape index (κ3) is 5.36. The first kappa shape index (κ1) is 16.4. The monoisotopic (exact) mass is 297 g/mol.